The fourth-order valence-corrected chi connectivity index (χ4v) is 3.24. The van der Waals surface area contributed by atoms with E-state index in [-0.39, 0.29) is 12.2 Å². The van der Waals surface area contributed by atoms with Crippen molar-refractivity contribution in [3.8, 4) is 0 Å². The van der Waals surface area contributed by atoms with Crippen molar-refractivity contribution < 1.29 is 32.3 Å². The van der Waals surface area contributed by atoms with Gasteiger partial charge in [0.25, 0.3) is 0 Å². The molecule has 0 aromatic heterocycles. The third-order valence-electron chi connectivity index (χ3n) is 4.93. The molecule has 0 saturated heterocycles. The Balaban J connectivity index is 1.99. The Bertz CT molecular complexity index is 983. The highest BCUT2D eigenvalue weighted by atomic mass is 19.4. The molecule has 0 fully saturated rings. The third kappa shape index (κ3) is 6.91. The van der Waals surface area contributed by atoms with Crippen LogP contribution in [0.4, 0.5) is 13.2 Å². The Morgan fingerprint density at radius 2 is 1.65 bits per heavy atom. The molecule has 6 nitrogen and oxygen atoms in total. The monoisotopic (exact) mass is 436 g/mol. The van der Waals surface area contributed by atoms with E-state index in [2.05, 4.69) is 5.32 Å². The molecule has 2 aromatic rings. The fourth-order valence-electron chi connectivity index (χ4n) is 3.24. The number of Topliss-reactive ketones (excluding diaryl/α,β-unsaturated/α-hetero) is 2. The third-order valence-corrected chi connectivity index (χ3v) is 4.93. The number of hydrogen-bond acceptors (Lipinski definition) is 4. The molecule has 2 atom stereocenters. The zero-order valence-corrected chi connectivity index (χ0v) is 16.9. The fraction of sp³-hybridized carbons (Fsp3) is 0.364. The zero-order valence-electron chi connectivity index (χ0n) is 16.9. The second-order valence-electron chi connectivity index (χ2n) is 7.33. The molecule has 2 rings (SSSR count). The van der Waals surface area contributed by atoms with Crippen LogP contribution in [0.15, 0.2) is 42.5 Å². The number of rotatable bonds is 10. The van der Waals surface area contributed by atoms with Crippen LogP contribution in [0.1, 0.15) is 31.7 Å². The zero-order chi connectivity index (χ0) is 23.2. The number of hydrogen-bond donors (Lipinski definition) is 2. The van der Waals surface area contributed by atoms with Crippen molar-refractivity contribution in [3.63, 3.8) is 0 Å². The number of nitrogens with one attached hydrogen (secondary N) is 1. The lowest BCUT2D eigenvalue weighted by molar-refractivity contribution is -0.172. The predicted octanol–water partition coefficient (Wildman–Crippen LogP) is 2.86. The summed E-state index contributed by atoms with van der Waals surface area (Å²) in [6.45, 7) is 1.40. The van der Waals surface area contributed by atoms with Gasteiger partial charge in [-0.3, -0.25) is 19.2 Å². The molecule has 0 aliphatic rings. The number of fused-ring (bicyclic) bond motifs is 1. The minimum atomic E-state index is -5.13. The summed E-state index contributed by atoms with van der Waals surface area (Å²) in [6.07, 6.45) is -6.56. The normalized spacial score (nSPS) is 13.4. The smallest absolute Gasteiger partial charge is 0.370 e. The van der Waals surface area contributed by atoms with Crippen LogP contribution >= 0.6 is 0 Å². The van der Waals surface area contributed by atoms with Crippen LogP contribution < -0.4 is 11.1 Å². The summed E-state index contributed by atoms with van der Waals surface area (Å²) in [4.78, 5) is 47.1. The summed E-state index contributed by atoms with van der Waals surface area (Å²) in [5.41, 5.74) is 5.94. The van der Waals surface area contributed by atoms with E-state index in [0.29, 0.717) is 6.42 Å². The lowest BCUT2D eigenvalue weighted by Gasteiger charge is -2.19. The lowest BCUT2D eigenvalue weighted by Crippen LogP contribution is -2.44. The van der Waals surface area contributed by atoms with Crippen molar-refractivity contribution in [2.45, 2.75) is 44.8 Å². The Kier molecular flexibility index (Phi) is 7.90. The quantitative estimate of drug-likeness (QED) is 0.597. The van der Waals surface area contributed by atoms with Gasteiger partial charge in [-0.25, -0.2) is 0 Å². The van der Waals surface area contributed by atoms with Gasteiger partial charge in [0.15, 0.2) is 5.78 Å². The highest BCUT2D eigenvalue weighted by molar-refractivity contribution is 5.95. The van der Waals surface area contributed by atoms with Crippen molar-refractivity contribution in [1.82, 2.24) is 5.32 Å². The summed E-state index contributed by atoms with van der Waals surface area (Å²) in [6, 6.07) is 12.4. The van der Waals surface area contributed by atoms with Gasteiger partial charge in [0.05, 0.1) is 12.0 Å². The number of ketones is 2. The molecule has 0 aliphatic heterocycles. The Morgan fingerprint density at radius 1 is 1.00 bits per heavy atom. The first kappa shape index (κ1) is 24.0. The Hall–Kier alpha value is -3.23. The van der Waals surface area contributed by atoms with Gasteiger partial charge in [-0.1, -0.05) is 42.5 Å². The summed E-state index contributed by atoms with van der Waals surface area (Å²) < 4.78 is 37.6. The van der Waals surface area contributed by atoms with Crippen LogP contribution in [-0.4, -0.2) is 35.6 Å². The molecule has 9 heteroatoms. The standard InChI is InChI=1S/C22H23F3N2O4/c1-13(27-21(31)16(12-20(26)30)11-19(29)22(23,24)25)18(28)10-9-15-7-4-6-14-5-2-3-8-17(14)15/h2-8,13,16H,9-12H2,1H3,(H2,26,30)(H,27,31)/t13-,16-/m0/s1. The van der Waals surface area contributed by atoms with Crippen molar-refractivity contribution >= 4 is 34.2 Å². The van der Waals surface area contributed by atoms with Gasteiger partial charge < -0.3 is 11.1 Å². The van der Waals surface area contributed by atoms with Crippen LogP contribution in [0.25, 0.3) is 10.8 Å². The van der Waals surface area contributed by atoms with Crippen LogP contribution in [0.3, 0.4) is 0 Å². The molecule has 31 heavy (non-hydrogen) atoms. The average molecular weight is 436 g/mol. The average Bonchev–Trinajstić information content (AvgIpc) is 2.70. The topological polar surface area (TPSA) is 106 Å². The maximum atomic E-state index is 12.5. The number of nitrogens with two attached hydrogens (primary N) is 1. The number of benzene rings is 2. The number of amides is 2. The van der Waals surface area contributed by atoms with E-state index in [1.165, 1.54) is 6.92 Å². The predicted molar refractivity (Wildman–Crippen MR) is 108 cm³/mol. The number of carbonyl (C=O) groups is 4. The van der Waals surface area contributed by atoms with Crippen LogP contribution in [-0.2, 0) is 25.6 Å². The van der Waals surface area contributed by atoms with E-state index < -0.39 is 48.6 Å². The molecule has 2 aromatic carbocycles. The van der Waals surface area contributed by atoms with E-state index in [9.17, 15) is 32.3 Å². The van der Waals surface area contributed by atoms with Crippen molar-refractivity contribution in [2.24, 2.45) is 11.7 Å². The van der Waals surface area contributed by atoms with E-state index in [1.54, 1.807) is 0 Å². The maximum absolute atomic E-state index is 12.5. The van der Waals surface area contributed by atoms with E-state index in [0.717, 1.165) is 16.3 Å². The van der Waals surface area contributed by atoms with E-state index in [4.69, 9.17) is 5.73 Å². The number of halogens is 3. The first-order chi connectivity index (χ1) is 14.5. The molecule has 0 bridgehead atoms. The van der Waals surface area contributed by atoms with Gasteiger partial charge in [0, 0.05) is 19.3 Å². The van der Waals surface area contributed by atoms with Gasteiger partial charge in [0.2, 0.25) is 17.6 Å². The molecule has 0 saturated carbocycles. The highest BCUT2D eigenvalue weighted by Gasteiger charge is 2.41. The maximum Gasteiger partial charge on any atom is 0.449 e. The van der Waals surface area contributed by atoms with Crippen molar-refractivity contribution in [2.75, 3.05) is 0 Å². The lowest BCUT2D eigenvalue weighted by atomic mass is 9.95. The highest BCUT2D eigenvalue weighted by Crippen LogP contribution is 2.23. The summed E-state index contributed by atoms with van der Waals surface area (Å²) in [5, 5.41) is 4.33. The first-order valence-corrected chi connectivity index (χ1v) is 9.67. The Labute approximate surface area is 177 Å². The molecule has 0 aliphatic carbocycles. The SMILES string of the molecule is C[C@H](NC(=O)[C@H](CC(N)=O)CC(=O)C(F)(F)F)C(=O)CCc1cccc2ccccc12. The van der Waals surface area contributed by atoms with Crippen LogP contribution in [0.5, 0.6) is 0 Å². The summed E-state index contributed by atoms with van der Waals surface area (Å²) in [7, 11) is 0. The number of primary amides is 1. The van der Waals surface area contributed by atoms with Crippen LogP contribution in [0, 0.1) is 5.92 Å². The minimum absolute atomic E-state index is 0.0947. The van der Waals surface area contributed by atoms with Gasteiger partial charge in [-0.05, 0) is 29.7 Å². The molecule has 0 radical (unpaired) electrons. The summed E-state index contributed by atoms with van der Waals surface area (Å²) in [5.74, 6) is -6.09. The van der Waals surface area contributed by atoms with Gasteiger partial charge in [-0.2, -0.15) is 13.2 Å². The second-order valence-corrected chi connectivity index (χ2v) is 7.33. The molecule has 0 unspecified atom stereocenters. The second kappa shape index (κ2) is 10.2. The van der Waals surface area contributed by atoms with E-state index in [1.807, 2.05) is 42.5 Å². The first-order valence-electron chi connectivity index (χ1n) is 9.67. The molecule has 3 N–H and O–H groups in total. The molecule has 166 valence electrons. The largest absolute Gasteiger partial charge is 0.449 e. The molecule has 2 amide bonds. The minimum Gasteiger partial charge on any atom is -0.370 e. The van der Waals surface area contributed by atoms with Gasteiger partial charge in [-0.15, -0.1) is 0 Å². The van der Waals surface area contributed by atoms with Gasteiger partial charge in [0.1, 0.15) is 0 Å². The molecular formula is C22H23F3N2O4. The van der Waals surface area contributed by atoms with Crippen molar-refractivity contribution in [3.05, 3.63) is 48.0 Å². The number of alkyl halides is 3. The molecular weight excluding hydrogens is 413 g/mol. The molecule has 0 heterocycles. The Morgan fingerprint density at radius 3 is 2.29 bits per heavy atom. The number of aryl methyl sites for hydroxylation is 1. The van der Waals surface area contributed by atoms with Crippen molar-refractivity contribution in [1.29, 1.82) is 0 Å². The summed E-state index contributed by atoms with van der Waals surface area (Å²) >= 11 is 0. The van der Waals surface area contributed by atoms with Crippen LogP contribution in [0.2, 0.25) is 0 Å². The number of carbonyl (C=O) groups excluding carboxylic acids is 4. The van der Waals surface area contributed by atoms with E-state index >= 15 is 0 Å². The van der Waals surface area contributed by atoms with Gasteiger partial charge >= 0.3 is 6.18 Å². The molecule has 0 spiro atoms.